The lowest BCUT2D eigenvalue weighted by Gasteiger charge is -2.34. The van der Waals surface area contributed by atoms with Gasteiger partial charge in [-0.15, -0.1) is 12.6 Å². The predicted molar refractivity (Wildman–Crippen MR) is 132 cm³/mol. The molecule has 2 aromatic rings. The number of amidine groups is 1. The summed E-state index contributed by atoms with van der Waals surface area (Å²) in [6, 6.07) is 11.6. The van der Waals surface area contributed by atoms with E-state index >= 15 is 0 Å². The fourth-order valence-electron chi connectivity index (χ4n) is 3.79. The van der Waals surface area contributed by atoms with E-state index in [0.29, 0.717) is 11.4 Å². The number of ether oxygens (including phenoxy) is 1. The third-order valence-electron chi connectivity index (χ3n) is 5.38. The van der Waals surface area contributed by atoms with E-state index in [0.717, 1.165) is 12.1 Å². The van der Waals surface area contributed by atoms with Crippen LogP contribution in [-0.2, 0) is 10.9 Å². The van der Waals surface area contributed by atoms with E-state index in [1.807, 2.05) is 0 Å². The Kier molecular flexibility index (Phi) is 6.74. The smallest absolute Gasteiger partial charge is 0.417 e. The number of halogens is 3. The van der Waals surface area contributed by atoms with Gasteiger partial charge in [0, 0.05) is 17.1 Å². The number of carbonyl (C=O) groups excluding carboxylic acids is 1. The van der Waals surface area contributed by atoms with Gasteiger partial charge in [-0.1, -0.05) is 0 Å². The molecule has 2 aromatic carbocycles. The molecule has 1 amide bonds. The summed E-state index contributed by atoms with van der Waals surface area (Å²) in [7, 11) is 0. The first-order valence-electron chi connectivity index (χ1n) is 10.6. The second-order valence-electron chi connectivity index (χ2n) is 9.51. The zero-order chi connectivity index (χ0) is 26.3. The monoisotopic (exact) mass is 505 g/mol. The van der Waals surface area contributed by atoms with Crippen LogP contribution in [0.25, 0.3) is 0 Å². The molecule has 7 nitrogen and oxygen atoms in total. The van der Waals surface area contributed by atoms with Crippen molar-refractivity contribution in [1.82, 2.24) is 0 Å². The summed E-state index contributed by atoms with van der Waals surface area (Å²) in [5.74, 6) is 0.0336. The molecule has 0 aliphatic carbocycles. The second-order valence-corrected chi connectivity index (χ2v) is 9.97. The second kappa shape index (κ2) is 9.00. The molecule has 3 rings (SSSR count). The van der Waals surface area contributed by atoms with Gasteiger partial charge in [0.15, 0.2) is 5.50 Å². The van der Waals surface area contributed by atoms with Gasteiger partial charge in [-0.3, -0.25) is 15.6 Å². The van der Waals surface area contributed by atoms with Crippen LogP contribution in [0.5, 0.6) is 0 Å². The number of thiol groups is 1. The van der Waals surface area contributed by atoms with E-state index in [2.05, 4.69) is 17.9 Å². The van der Waals surface area contributed by atoms with Gasteiger partial charge < -0.3 is 9.64 Å². The highest BCUT2D eigenvalue weighted by atomic mass is 32.1. The van der Waals surface area contributed by atoms with Gasteiger partial charge in [0.2, 0.25) is 0 Å². The van der Waals surface area contributed by atoms with Gasteiger partial charge in [0.25, 0.3) is 0 Å². The average molecular weight is 506 g/mol. The number of anilines is 3. The van der Waals surface area contributed by atoms with Crippen LogP contribution in [0, 0.1) is 16.7 Å². The number of alkyl halides is 3. The van der Waals surface area contributed by atoms with Crippen molar-refractivity contribution >= 4 is 41.6 Å². The molecular weight excluding hydrogens is 479 g/mol. The molecule has 1 saturated heterocycles. The molecule has 2 N–H and O–H groups in total. The topological polar surface area (TPSA) is 92.4 Å². The number of benzene rings is 2. The number of rotatable bonds is 3. The van der Waals surface area contributed by atoms with Crippen molar-refractivity contribution in [3.63, 3.8) is 0 Å². The van der Waals surface area contributed by atoms with E-state index < -0.39 is 40.0 Å². The lowest BCUT2D eigenvalue weighted by molar-refractivity contribution is -0.137. The van der Waals surface area contributed by atoms with Crippen LogP contribution in [0.4, 0.5) is 35.0 Å². The number of hydrogen-bond acceptors (Lipinski definition) is 6. The molecule has 11 heteroatoms. The van der Waals surface area contributed by atoms with E-state index in [9.17, 15) is 18.0 Å². The standard InChI is InChI=1S/C24H26F3N5O2S/c1-22(2,3)34-20(33)30-15-7-10-16(11-8-15)32-21(35)31(19(29)23(32,4)5)17-9-6-14(13-28)18(12-17)24(25,26)27/h6-12,21,29,35H,1-5H3,(H,30,33). The van der Waals surface area contributed by atoms with Crippen LogP contribution >= 0.6 is 12.6 Å². The highest BCUT2D eigenvalue weighted by Gasteiger charge is 2.49. The molecule has 186 valence electrons. The highest BCUT2D eigenvalue weighted by Crippen LogP contribution is 2.42. The maximum atomic E-state index is 13.5. The van der Waals surface area contributed by atoms with Crippen molar-refractivity contribution < 1.29 is 22.7 Å². The Labute approximate surface area is 207 Å². The van der Waals surface area contributed by atoms with E-state index in [-0.39, 0.29) is 11.5 Å². The Balaban J connectivity index is 1.92. The fraction of sp³-hybridized carbons (Fsp3) is 0.375. The molecule has 0 saturated carbocycles. The molecule has 0 aromatic heterocycles. The van der Waals surface area contributed by atoms with E-state index in [1.165, 1.54) is 11.0 Å². The zero-order valence-electron chi connectivity index (χ0n) is 19.9. The van der Waals surface area contributed by atoms with E-state index in [1.54, 1.807) is 69.9 Å². The summed E-state index contributed by atoms with van der Waals surface area (Å²) in [4.78, 5) is 15.2. The molecule has 1 aliphatic heterocycles. The average Bonchev–Trinajstić information content (AvgIpc) is 2.90. The van der Waals surface area contributed by atoms with Gasteiger partial charge in [-0.2, -0.15) is 18.4 Å². The molecular formula is C24H26F3N5O2S. The molecule has 0 radical (unpaired) electrons. The number of nitrogens with zero attached hydrogens (tertiary/aromatic N) is 3. The Morgan fingerprint density at radius 2 is 1.71 bits per heavy atom. The maximum Gasteiger partial charge on any atom is 0.417 e. The number of carbonyl (C=O) groups is 1. The van der Waals surface area contributed by atoms with Crippen molar-refractivity contribution in [2.45, 2.75) is 57.4 Å². The molecule has 1 atom stereocenters. The Morgan fingerprint density at radius 3 is 2.23 bits per heavy atom. The zero-order valence-corrected chi connectivity index (χ0v) is 20.8. The van der Waals surface area contributed by atoms with Crippen molar-refractivity contribution in [3.8, 4) is 6.07 Å². The van der Waals surface area contributed by atoms with Crippen LogP contribution in [0.2, 0.25) is 0 Å². The van der Waals surface area contributed by atoms with Gasteiger partial charge in [-0.25, -0.2) is 4.79 Å². The Hall–Kier alpha value is -3.39. The first kappa shape index (κ1) is 26.2. The summed E-state index contributed by atoms with van der Waals surface area (Å²) in [5, 5.41) is 20.4. The lowest BCUT2D eigenvalue weighted by atomic mass is 10.0. The quantitative estimate of drug-likeness (QED) is 0.431. The molecule has 35 heavy (non-hydrogen) atoms. The minimum Gasteiger partial charge on any atom is -0.444 e. The molecule has 0 spiro atoms. The first-order valence-corrected chi connectivity index (χ1v) is 11.1. The van der Waals surface area contributed by atoms with Gasteiger partial charge in [-0.05, 0) is 77.1 Å². The SMILES string of the molecule is CC(C)(C)OC(=O)Nc1ccc(N2C(S)N(c3ccc(C#N)c(C(F)(F)F)c3)C(=N)C2(C)C)cc1. The summed E-state index contributed by atoms with van der Waals surface area (Å²) < 4.78 is 45.8. The van der Waals surface area contributed by atoms with Crippen molar-refractivity contribution in [2.75, 3.05) is 15.1 Å². The minimum absolute atomic E-state index is 0.0336. The fourth-order valence-corrected chi connectivity index (χ4v) is 4.46. The van der Waals surface area contributed by atoms with Crippen LogP contribution < -0.4 is 15.1 Å². The van der Waals surface area contributed by atoms with Crippen molar-refractivity contribution in [1.29, 1.82) is 10.7 Å². The third-order valence-corrected chi connectivity index (χ3v) is 5.84. The molecule has 0 bridgehead atoms. The van der Waals surface area contributed by atoms with E-state index in [4.69, 9.17) is 15.4 Å². The molecule has 1 aliphatic rings. The van der Waals surface area contributed by atoms with Gasteiger partial charge in [0.05, 0.1) is 22.7 Å². The van der Waals surface area contributed by atoms with Crippen LogP contribution in [0.15, 0.2) is 42.5 Å². The predicted octanol–water partition coefficient (Wildman–Crippen LogP) is 6.22. The third kappa shape index (κ3) is 5.32. The normalized spacial score (nSPS) is 17.8. The largest absolute Gasteiger partial charge is 0.444 e. The van der Waals surface area contributed by atoms with Crippen LogP contribution in [-0.4, -0.2) is 28.6 Å². The van der Waals surface area contributed by atoms with Crippen LogP contribution in [0.3, 0.4) is 0 Å². The minimum atomic E-state index is -4.72. The van der Waals surface area contributed by atoms with Gasteiger partial charge in [0.1, 0.15) is 11.4 Å². The molecule has 1 fully saturated rings. The lowest BCUT2D eigenvalue weighted by Crippen LogP contribution is -2.44. The highest BCUT2D eigenvalue weighted by molar-refractivity contribution is 7.81. The molecule has 1 unspecified atom stereocenters. The Bertz CT molecular complexity index is 1180. The number of hydrogen-bond donors (Lipinski definition) is 3. The summed E-state index contributed by atoms with van der Waals surface area (Å²) in [5.41, 5.74) is -2.72. The summed E-state index contributed by atoms with van der Waals surface area (Å²) >= 11 is 4.64. The Morgan fingerprint density at radius 1 is 1.14 bits per heavy atom. The summed E-state index contributed by atoms with van der Waals surface area (Å²) in [6.07, 6.45) is -5.32. The first-order chi connectivity index (χ1) is 16.1. The van der Waals surface area contributed by atoms with Crippen LogP contribution in [0.1, 0.15) is 45.7 Å². The van der Waals surface area contributed by atoms with Gasteiger partial charge >= 0.3 is 12.3 Å². The van der Waals surface area contributed by atoms with Crippen molar-refractivity contribution in [2.24, 2.45) is 0 Å². The van der Waals surface area contributed by atoms with Crippen molar-refractivity contribution in [3.05, 3.63) is 53.6 Å². The summed E-state index contributed by atoms with van der Waals surface area (Å²) in [6.45, 7) is 8.79. The number of nitrogens with one attached hydrogen (secondary N) is 2. The number of amides is 1. The number of nitriles is 1. The maximum absolute atomic E-state index is 13.5. The molecule has 1 heterocycles.